The molecule has 60 valence electrons. The maximum atomic E-state index is 9.92. The van der Waals surface area contributed by atoms with Gasteiger partial charge < -0.3 is 5.11 Å². The van der Waals surface area contributed by atoms with E-state index in [4.69, 9.17) is 0 Å². The monoisotopic (exact) mass is 232 g/mol. The molecule has 3 heteroatoms. The van der Waals surface area contributed by atoms with Crippen LogP contribution in [0.5, 0.6) is 0 Å². The van der Waals surface area contributed by atoms with Gasteiger partial charge in [-0.3, -0.25) is 0 Å². The highest BCUT2D eigenvalue weighted by Gasteiger charge is 2.52. The molecule has 1 N–H and O–H groups in total. The first kappa shape index (κ1) is 7.77. The fraction of sp³-hybridized carbons (Fsp3) is 0.500. The topological polar surface area (TPSA) is 20.2 Å². The van der Waals surface area contributed by atoms with E-state index >= 15 is 0 Å². The maximum absolute atomic E-state index is 9.92. The summed E-state index contributed by atoms with van der Waals surface area (Å²) in [7, 11) is 0. The molecule has 11 heavy (non-hydrogen) atoms. The van der Waals surface area contributed by atoms with Crippen molar-refractivity contribution in [1.29, 1.82) is 0 Å². The Morgan fingerprint density at radius 1 is 1.82 bits per heavy atom. The third kappa shape index (κ3) is 1.06. The fourth-order valence-electron chi connectivity index (χ4n) is 1.33. The average molecular weight is 233 g/mol. The quantitative estimate of drug-likeness (QED) is 0.790. The zero-order valence-electron chi connectivity index (χ0n) is 6.17. The summed E-state index contributed by atoms with van der Waals surface area (Å²) in [6, 6.07) is 1.99. The van der Waals surface area contributed by atoms with Gasteiger partial charge in [0, 0.05) is 4.47 Å². The second kappa shape index (κ2) is 2.31. The first-order valence-corrected chi connectivity index (χ1v) is 5.27. The van der Waals surface area contributed by atoms with E-state index in [1.165, 1.54) is 0 Å². The Morgan fingerprint density at radius 3 is 2.82 bits per heavy atom. The standard InChI is InChI=1S/C8H9BrOS/c1-5-4-8(5,10)7-6(9)2-3-11-7/h2-3,5,10H,4H2,1H3. The van der Waals surface area contributed by atoms with Gasteiger partial charge in [0.15, 0.2) is 0 Å². The summed E-state index contributed by atoms with van der Waals surface area (Å²) in [4.78, 5) is 1.09. The Hall–Kier alpha value is 0.140. The van der Waals surface area contributed by atoms with Crippen molar-refractivity contribution < 1.29 is 5.11 Å². The molecule has 1 aromatic heterocycles. The van der Waals surface area contributed by atoms with E-state index < -0.39 is 5.60 Å². The molecule has 1 fully saturated rings. The largest absolute Gasteiger partial charge is 0.384 e. The SMILES string of the molecule is CC1CC1(O)c1sccc1Br. The predicted octanol–water partition coefficient (Wildman–Crippen LogP) is 2.74. The molecule has 0 bridgehead atoms. The third-order valence-electron chi connectivity index (χ3n) is 2.28. The second-order valence-corrected chi connectivity index (χ2v) is 4.90. The van der Waals surface area contributed by atoms with Crippen LogP contribution < -0.4 is 0 Å². The van der Waals surface area contributed by atoms with Crippen LogP contribution in [0.15, 0.2) is 15.9 Å². The van der Waals surface area contributed by atoms with Crippen molar-refractivity contribution in [1.82, 2.24) is 0 Å². The van der Waals surface area contributed by atoms with Crippen molar-refractivity contribution in [2.24, 2.45) is 5.92 Å². The Morgan fingerprint density at radius 2 is 2.45 bits per heavy atom. The predicted molar refractivity (Wildman–Crippen MR) is 49.7 cm³/mol. The molecule has 0 saturated heterocycles. The summed E-state index contributed by atoms with van der Waals surface area (Å²) in [6.07, 6.45) is 0.909. The minimum Gasteiger partial charge on any atom is -0.384 e. The minimum absolute atomic E-state index is 0.428. The zero-order valence-corrected chi connectivity index (χ0v) is 8.58. The van der Waals surface area contributed by atoms with Gasteiger partial charge in [-0.2, -0.15) is 0 Å². The van der Waals surface area contributed by atoms with Gasteiger partial charge in [0.05, 0.1) is 4.88 Å². The van der Waals surface area contributed by atoms with Crippen molar-refractivity contribution in [3.63, 3.8) is 0 Å². The van der Waals surface area contributed by atoms with Crippen LogP contribution in [0.4, 0.5) is 0 Å². The van der Waals surface area contributed by atoms with Crippen molar-refractivity contribution in [3.8, 4) is 0 Å². The van der Waals surface area contributed by atoms with Gasteiger partial charge in [-0.15, -0.1) is 11.3 Å². The lowest BCUT2D eigenvalue weighted by Crippen LogP contribution is -2.04. The fourth-order valence-corrected chi connectivity index (χ4v) is 3.27. The van der Waals surface area contributed by atoms with E-state index in [-0.39, 0.29) is 0 Å². The average Bonchev–Trinajstić information content (AvgIpc) is 2.43. The van der Waals surface area contributed by atoms with Gasteiger partial charge in [0.25, 0.3) is 0 Å². The smallest absolute Gasteiger partial charge is 0.103 e. The van der Waals surface area contributed by atoms with E-state index in [1.807, 2.05) is 11.4 Å². The molecule has 1 heterocycles. The van der Waals surface area contributed by atoms with Gasteiger partial charge >= 0.3 is 0 Å². The van der Waals surface area contributed by atoms with Crippen LogP contribution in [0.2, 0.25) is 0 Å². The number of rotatable bonds is 1. The van der Waals surface area contributed by atoms with Gasteiger partial charge in [0.1, 0.15) is 5.60 Å². The highest BCUT2D eigenvalue weighted by Crippen LogP contribution is 2.54. The van der Waals surface area contributed by atoms with Crippen LogP contribution in [-0.2, 0) is 5.60 Å². The molecule has 0 spiro atoms. The molecule has 2 unspecified atom stereocenters. The van der Waals surface area contributed by atoms with E-state index in [9.17, 15) is 5.11 Å². The van der Waals surface area contributed by atoms with E-state index in [1.54, 1.807) is 11.3 Å². The number of hydrogen-bond donors (Lipinski definition) is 1. The van der Waals surface area contributed by atoms with Crippen LogP contribution >= 0.6 is 27.3 Å². The summed E-state index contributed by atoms with van der Waals surface area (Å²) >= 11 is 5.05. The van der Waals surface area contributed by atoms with Crippen molar-refractivity contribution in [2.45, 2.75) is 18.9 Å². The minimum atomic E-state index is -0.507. The van der Waals surface area contributed by atoms with E-state index in [0.717, 1.165) is 15.8 Å². The Kier molecular flexibility index (Phi) is 1.63. The molecular formula is C8H9BrOS. The molecule has 1 aliphatic carbocycles. The van der Waals surface area contributed by atoms with Crippen molar-refractivity contribution >= 4 is 27.3 Å². The molecule has 0 amide bonds. The molecule has 1 saturated carbocycles. The Labute approximate surface area is 78.2 Å². The van der Waals surface area contributed by atoms with Gasteiger partial charge in [-0.25, -0.2) is 0 Å². The Bertz CT molecular complexity index is 283. The van der Waals surface area contributed by atoms with E-state index in [2.05, 4.69) is 22.9 Å². The first-order valence-electron chi connectivity index (χ1n) is 3.60. The van der Waals surface area contributed by atoms with Gasteiger partial charge in [-0.1, -0.05) is 6.92 Å². The lowest BCUT2D eigenvalue weighted by Gasteiger charge is -2.05. The number of thiophene rings is 1. The van der Waals surface area contributed by atoms with Crippen molar-refractivity contribution in [3.05, 3.63) is 20.8 Å². The highest BCUT2D eigenvalue weighted by molar-refractivity contribution is 9.10. The van der Waals surface area contributed by atoms with Gasteiger partial charge in [0.2, 0.25) is 0 Å². The summed E-state index contributed by atoms with van der Waals surface area (Å²) in [5.41, 5.74) is -0.507. The lowest BCUT2D eigenvalue weighted by molar-refractivity contribution is 0.138. The highest BCUT2D eigenvalue weighted by atomic mass is 79.9. The molecule has 1 aliphatic rings. The second-order valence-electron chi connectivity index (χ2n) is 3.13. The van der Waals surface area contributed by atoms with E-state index in [0.29, 0.717) is 5.92 Å². The van der Waals surface area contributed by atoms with Crippen LogP contribution in [0.1, 0.15) is 18.2 Å². The van der Waals surface area contributed by atoms with Crippen LogP contribution in [0.25, 0.3) is 0 Å². The molecule has 0 aliphatic heterocycles. The molecular weight excluding hydrogens is 224 g/mol. The van der Waals surface area contributed by atoms with Crippen LogP contribution in [0, 0.1) is 5.92 Å². The number of hydrogen-bond acceptors (Lipinski definition) is 2. The Balaban J connectivity index is 2.37. The molecule has 0 radical (unpaired) electrons. The summed E-state index contributed by atoms with van der Waals surface area (Å²) in [6.45, 7) is 2.08. The molecule has 1 nitrogen and oxygen atoms in total. The first-order chi connectivity index (χ1) is 5.14. The summed E-state index contributed by atoms with van der Waals surface area (Å²) in [5.74, 6) is 0.428. The van der Waals surface area contributed by atoms with Crippen molar-refractivity contribution in [2.75, 3.05) is 0 Å². The lowest BCUT2D eigenvalue weighted by atomic mass is 10.2. The molecule has 0 aromatic carbocycles. The normalized spacial score (nSPS) is 35.7. The van der Waals surface area contributed by atoms with Gasteiger partial charge in [-0.05, 0) is 39.7 Å². The summed E-state index contributed by atoms with van der Waals surface area (Å²) < 4.78 is 1.05. The summed E-state index contributed by atoms with van der Waals surface area (Å²) in [5, 5.41) is 11.9. The van der Waals surface area contributed by atoms with Crippen LogP contribution in [0.3, 0.4) is 0 Å². The molecule has 1 aromatic rings. The maximum Gasteiger partial charge on any atom is 0.103 e. The van der Waals surface area contributed by atoms with Crippen LogP contribution in [-0.4, -0.2) is 5.11 Å². The third-order valence-corrected chi connectivity index (χ3v) is 4.29. The number of halogens is 1. The number of aliphatic hydroxyl groups is 1. The molecule has 2 rings (SSSR count). The molecule has 2 atom stereocenters. The zero-order chi connectivity index (χ0) is 8.06.